The van der Waals surface area contributed by atoms with Gasteiger partial charge in [-0.05, 0) is 71.9 Å². The summed E-state index contributed by atoms with van der Waals surface area (Å²) in [6.45, 7) is 14.6. The minimum absolute atomic E-state index is 0.0197. The highest BCUT2D eigenvalue weighted by Gasteiger charge is 2.42. The second kappa shape index (κ2) is 14.8. The molecule has 4 atom stereocenters. The van der Waals surface area contributed by atoms with Gasteiger partial charge in [0.25, 0.3) is 0 Å². The zero-order valence-corrected chi connectivity index (χ0v) is 29.5. The Morgan fingerprint density at radius 1 is 0.688 bits per heavy atom. The zero-order valence-electron chi connectivity index (χ0n) is 29.5. The molecule has 5 amide bonds. The summed E-state index contributed by atoms with van der Waals surface area (Å²) in [5, 5.41) is 8.56. The van der Waals surface area contributed by atoms with Crippen molar-refractivity contribution in [2.24, 2.45) is 16.7 Å². The van der Waals surface area contributed by atoms with Crippen molar-refractivity contribution in [3.63, 3.8) is 0 Å². The summed E-state index contributed by atoms with van der Waals surface area (Å²) < 4.78 is 4.72. The Bertz CT molecular complexity index is 1490. The fourth-order valence-corrected chi connectivity index (χ4v) is 6.16. The molecular formula is C37H51N5O6. The predicted molar refractivity (Wildman–Crippen MR) is 186 cm³/mol. The molecule has 0 aliphatic carbocycles. The lowest BCUT2D eigenvalue weighted by atomic mass is 9.81. The van der Waals surface area contributed by atoms with Crippen LogP contribution in [0.2, 0.25) is 0 Å². The highest BCUT2D eigenvalue weighted by atomic mass is 16.5. The van der Waals surface area contributed by atoms with Gasteiger partial charge in [0.2, 0.25) is 23.6 Å². The number of nitrogens with one attached hydrogen (secondary N) is 3. The molecule has 2 aliphatic heterocycles. The molecule has 2 aromatic carbocycles. The van der Waals surface area contributed by atoms with E-state index >= 15 is 0 Å². The number of alkyl carbamates (subject to hydrolysis) is 1. The van der Waals surface area contributed by atoms with E-state index in [9.17, 15) is 24.0 Å². The first-order valence-corrected chi connectivity index (χ1v) is 16.8. The van der Waals surface area contributed by atoms with Gasteiger partial charge >= 0.3 is 6.09 Å². The molecule has 2 aliphatic rings. The van der Waals surface area contributed by atoms with Crippen LogP contribution in [0.1, 0.15) is 74.1 Å². The van der Waals surface area contributed by atoms with Gasteiger partial charge in [-0.15, -0.1) is 0 Å². The van der Waals surface area contributed by atoms with Gasteiger partial charge in [-0.2, -0.15) is 0 Å². The first-order valence-electron chi connectivity index (χ1n) is 16.8. The molecule has 2 saturated heterocycles. The van der Waals surface area contributed by atoms with E-state index in [1.807, 2.05) is 97.0 Å². The van der Waals surface area contributed by atoms with Gasteiger partial charge in [0.1, 0.15) is 18.1 Å². The quantitative estimate of drug-likeness (QED) is 0.334. The fourth-order valence-electron chi connectivity index (χ4n) is 6.16. The van der Waals surface area contributed by atoms with E-state index in [2.05, 4.69) is 16.0 Å². The number of carbonyl (C=O) groups is 5. The van der Waals surface area contributed by atoms with Crippen LogP contribution in [0.25, 0.3) is 11.1 Å². The van der Waals surface area contributed by atoms with Crippen LogP contribution in [0.5, 0.6) is 0 Å². The Morgan fingerprint density at radius 3 is 1.48 bits per heavy atom. The summed E-state index contributed by atoms with van der Waals surface area (Å²) in [7, 11) is 1.25. The number of carbonyl (C=O) groups excluding carboxylic acids is 5. The van der Waals surface area contributed by atoms with Crippen molar-refractivity contribution >= 4 is 41.1 Å². The van der Waals surface area contributed by atoms with Gasteiger partial charge in [0.15, 0.2) is 0 Å². The van der Waals surface area contributed by atoms with Gasteiger partial charge < -0.3 is 30.5 Å². The Morgan fingerprint density at radius 2 is 1.10 bits per heavy atom. The van der Waals surface area contributed by atoms with Crippen molar-refractivity contribution in [3.8, 4) is 11.1 Å². The van der Waals surface area contributed by atoms with E-state index < -0.39 is 29.6 Å². The first-order chi connectivity index (χ1) is 22.5. The van der Waals surface area contributed by atoms with Crippen molar-refractivity contribution in [3.05, 3.63) is 48.5 Å². The Hall–Kier alpha value is -4.41. The minimum atomic E-state index is -0.846. The summed E-state index contributed by atoms with van der Waals surface area (Å²) in [5.41, 5.74) is 2.34. The Labute approximate surface area is 284 Å². The minimum Gasteiger partial charge on any atom is -0.453 e. The summed E-state index contributed by atoms with van der Waals surface area (Å²) in [6, 6.07) is 13.0. The van der Waals surface area contributed by atoms with Gasteiger partial charge in [-0.1, -0.05) is 72.7 Å². The first kappa shape index (κ1) is 36.4. The summed E-state index contributed by atoms with van der Waals surface area (Å²) in [5.74, 6) is -0.939. The molecule has 0 unspecified atom stereocenters. The third-order valence-corrected chi connectivity index (χ3v) is 9.55. The van der Waals surface area contributed by atoms with E-state index in [1.165, 1.54) is 7.11 Å². The number of amides is 5. The maximum atomic E-state index is 13.5. The lowest BCUT2D eigenvalue weighted by molar-refractivity contribution is -0.142. The summed E-state index contributed by atoms with van der Waals surface area (Å²) in [6.07, 6.45) is 1.96. The van der Waals surface area contributed by atoms with Crippen molar-refractivity contribution in [1.29, 1.82) is 0 Å². The molecule has 11 heteroatoms. The monoisotopic (exact) mass is 661 g/mol. The molecule has 4 rings (SSSR count). The lowest BCUT2D eigenvalue weighted by Crippen LogP contribution is -2.57. The molecule has 0 bridgehead atoms. The van der Waals surface area contributed by atoms with Crippen molar-refractivity contribution in [2.75, 3.05) is 30.8 Å². The Balaban J connectivity index is 1.36. The summed E-state index contributed by atoms with van der Waals surface area (Å²) in [4.78, 5) is 68.4. The molecule has 2 aromatic rings. The molecule has 0 radical (unpaired) electrons. The molecule has 3 N–H and O–H groups in total. The third-order valence-electron chi connectivity index (χ3n) is 9.55. The zero-order chi connectivity index (χ0) is 35.4. The average Bonchev–Trinajstić information content (AvgIpc) is 3.73. The largest absolute Gasteiger partial charge is 0.453 e. The van der Waals surface area contributed by atoms with E-state index in [-0.39, 0.29) is 35.0 Å². The smallest absolute Gasteiger partial charge is 0.407 e. The molecular weight excluding hydrogens is 610 g/mol. The Kier molecular flexibility index (Phi) is 11.2. The molecule has 0 saturated carbocycles. The van der Waals surface area contributed by atoms with Crippen LogP contribution in [0.3, 0.4) is 0 Å². The molecule has 260 valence electrons. The van der Waals surface area contributed by atoms with Gasteiger partial charge in [-0.25, -0.2) is 4.79 Å². The number of anilines is 2. The number of likely N-dealkylation sites (tertiary alicyclic amines) is 2. The highest BCUT2D eigenvalue weighted by molar-refractivity contribution is 5.99. The number of hydrogen-bond acceptors (Lipinski definition) is 6. The van der Waals surface area contributed by atoms with Gasteiger partial charge in [0.05, 0.1) is 7.11 Å². The number of methoxy groups -OCH3 is 1. The van der Waals surface area contributed by atoms with E-state index in [0.717, 1.165) is 17.5 Å². The topological polar surface area (TPSA) is 137 Å². The summed E-state index contributed by atoms with van der Waals surface area (Å²) >= 11 is 0. The lowest BCUT2D eigenvalue weighted by Gasteiger charge is -2.35. The third kappa shape index (κ3) is 8.54. The highest BCUT2D eigenvalue weighted by Crippen LogP contribution is 2.31. The van der Waals surface area contributed by atoms with Crippen molar-refractivity contribution in [2.45, 2.75) is 92.3 Å². The van der Waals surface area contributed by atoms with Crippen LogP contribution in [0.4, 0.5) is 16.2 Å². The number of nitrogens with zero attached hydrogens (tertiary/aromatic N) is 2. The second-order valence-electron chi connectivity index (χ2n) is 15.0. The van der Waals surface area contributed by atoms with Crippen LogP contribution in [0, 0.1) is 16.7 Å². The van der Waals surface area contributed by atoms with Crippen LogP contribution in [-0.4, -0.2) is 77.8 Å². The standard InChI is InChI=1S/C37H51N5O6/c1-23(36(2,3)4)33(45)41-21-9-11-28(41)31(43)38-26-17-13-24(14-18-26)25-15-19-27(20-16-25)39-32(44)29-12-10-22-42(29)34(46)30(37(5,6)7)40-35(47)48-8/h13-20,23,28-30H,9-12,21-22H2,1-8H3,(H,38,43)(H,39,44)(H,40,47)/t23-,28+,29+,30-/m1/s1. The maximum absolute atomic E-state index is 13.5. The molecule has 0 aromatic heterocycles. The predicted octanol–water partition coefficient (Wildman–Crippen LogP) is 5.67. The SMILES string of the molecule is COC(=O)N[C@H](C(=O)N1CCC[C@H]1C(=O)Nc1ccc(-c2ccc(NC(=O)[C@@H]3CCCN3C(=O)[C@@H](C)C(C)(C)C)cc2)cc1)C(C)(C)C. The number of rotatable bonds is 8. The normalized spacial score (nSPS) is 19.3. The maximum Gasteiger partial charge on any atom is 0.407 e. The van der Waals surface area contributed by atoms with Crippen LogP contribution >= 0.6 is 0 Å². The molecule has 48 heavy (non-hydrogen) atoms. The molecule has 0 spiro atoms. The molecule has 2 fully saturated rings. The fraction of sp³-hybridized carbons (Fsp3) is 0.541. The number of benzene rings is 2. The number of ether oxygens (including phenoxy) is 1. The molecule has 11 nitrogen and oxygen atoms in total. The van der Waals surface area contributed by atoms with Gasteiger partial charge in [0, 0.05) is 30.4 Å². The van der Waals surface area contributed by atoms with Crippen molar-refractivity contribution in [1.82, 2.24) is 15.1 Å². The van der Waals surface area contributed by atoms with Crippen molar-refractivity contribution < 1.29 is 28.7 Å². The second-order valence-corrected chi connectivity index (χ2v) is 15.0. The molecule has 2 heterocycles. The average molecular weight is 662 g/mol. The van der Waals surface area contributed by atoms with E-state index in [0.29, 0.717) is 43.7 Å². The van der Waals surface area contributed by atoms with E-state index in [4.69, 9.17) is 4.74 Å². The van der Waals surface area contributed by atoms with E-state index in [1.54, 1.807) is 9.80 Å². The van der Waals surface area contributed by atoms with Crippen LogP contribution in [-0.2, 0) is 23.9 Å². The number of hydrogen-bond donors (Lipinski definition) is 3. The van der Waals surface area contributed by atoms with Crippen LogP contribution < -0.4 is 16.0 Å². The van der Waals surface area contributed by atoms with Gasteiger partial charge in [-0.3, -0.25) is 19.2 Å². The van der Waals surface area contributed by atoms with Crippen LogP contribution in [0.15, 0.2) is 48.5 Å².